The summed E-state index contributed by atoms with van der Waals surface area (Å²) in [6.45, 7) is 8.06. The summed E-state index contributed by atoms with van der Waals surface area (Å²) in [6.07, 6.45) is 0.934. The van der Waals surface area contributed by atoms with Gasteiger partial charge in [-0.05, 0) is 44.2 Å². The number of carbonyl (C=O) groups is 2. The van der Waals surface area contributed by atoms with Crippen LogP contribution in [-0.4, -0.2) is 18.4 Å². The van der Waals surface area contributed by atoms with Crippen molar-refractivity contribution in [2.45, 2.75) is 34.1 Å². The van der Waals surface area contributed by atoms with E-state index in [2.05, 4.69) is 10.6 Å². The SMILES string of the molecule is Cc1cc(C)c(NC(=O)CNC(=O)[C@@H]2C[C@@H]2C)c(C)c1. The van der Waals surface area contributed by atoms with Crippen LogP contribution in [0.4, 0.5) is 5.69 Å². The molecule has 2 amide bonds. The molecule has 0 bridgehead atoms. The van der Waals surface area contributed by atoms with Crippen molar-refractivity contribution in [2.24, 2.45) is 11.8 Å². The smallest absolute Gasteiger partial charge is 0.243 e. The number of aryl methyl sites for hydroxylation is 3. The first-order valence-corrected chi connectivity index (χ1v) is 7.04. The maximum atomic E-state index is 11.9. The van der Waals surface area contributed by atoms with Gasteiger partial charge in [0.05, 0.1) is 6.54 Å². The summed E-state index contributed by atoms with van der Waals surface area (Å²) in [4.78, 5) is 23.6. The number of anilines is 1. The molecule has 1 fully saturated rings. The third-order valence-corrected chi connectivity index (χ3v) is 3.81. The zero-order valence-electron chi connectivity index (χ0n) is 12.5. The van der Waals surface area contributed by atoms with Crippen LogP contribution in [0.15, 0.2) is 12.1 Å². The molecule has 0 aromatic heterocycles. The van der Waals surface area contributed by atoms with Crippen LogP contribution in [0.3, 0.4) is 0 Å². The molecule has 108 valence electrons. The Labute approximate surface area is 119 Å². The van der Waals surface area contributed by atoms with Crippen LogP contribution in [0, 0.1) is 32.6 Å². The van der Waals surface area contributed by atoms with Crippen LogP contribution >= 0.6 is 0 Å². The molecule has 0 spiro atoms. The number of carbonyl (C=O) groups excluding carboxylic acids is 2. The molecule has 4 heteroatoms. The molecule has 4 nitrogen and oxygen atoms in total. The first-order valence-electron chi connectivity index (χ1n) is 7.04. The number of amides is 2. The van der Waals surface area contributed by atoms with Gasteiger partial charge in [-0.3, -0.25) is 9.59 Å². The summed E-state index contributed by atoms with van der Waals surface area (Å²) < 4.78 is 0. The lowest BCUT2D eigenvalue weighted by molar-refractivity contribution is -0.125. The van der Waals surface area contributed by atoms with Crippen LogP contribution in [0.5, 0.6) is 0 Å². The van der Waals surface area contributed by atoms with E-state index < -0.39 is 0 Å². The number of hydrogen-bond acceptors (Lipinski definition) is 2. The predicted molar refractivity (Wildman–Crippen MR) is 79.6 cm³/mol. The highest BCUT2D eigenvalue weighted by atomic mass is 16.2. The lowest BCUT2D eigenvalue weighted by Crippen LogP contribution is -2.34. The van der Waals surface area contributed by atoms with E-state index in [-0.39, 0.29) is 24.3 Å². The van der Waals surface area contributed by atoms with Crippen molar-refractivity contribution >= 4 is 17.5 Å². The van der Waals surface area contributed by atoms with E-state index in [0.29, 0.717) is 5.92 Å². The van der Waals surface area contributed by atoms with Gasteiger partial charge in [-0.2, -0.15) is 0 Å². The zero-order valence-corrected chi connectivity index (χ0v) is 12.5. The predicted octanol–water partition coefficient (Wildman–Crippen LogP) is 2.32. The topological polar surface area (TPSA) is 58.2 Å². The molecule has 0 heterocycles. The second-order valence-electron chi connectivity index (χ2n) is 5.86. The second-order valence-corrected chi connectivity index (χ2v) is 5.86. The molecule has 1 aliphatic carbocycles. The molecule has 1 saturated carbocycles. The highest BCUT2D eigenvalue weighted by Gasteiger charge is 2.38. The summed E-state index contributed by atoms with van der Waals surface area (Å²) in [7, 11) is 0. The average molecular weight is 274 g/mol. The quantitative estimate of drug-likeness (QED) is 0.885. The van der Waals surface area contributed by atoms with Crippen LogP contribution in [0.25, 0.3) is 0 Å². The molecule has 1 aromatic rings. The number of rotatable bonds is 4. The summed E-state index contributed by atoms with van der Waals surface area (Å²) in [5.41, 5.74) is 4.10. The molecular weight excluding hydrogens is 252 g/mol. The van der Waals surface area contributed by atoms with Crippen molar-refractivity contribution in [3.63, 3.8) is 0 Å². The minimum absolute atomic E-state index is 0.00926. The molecule has 0 aliphatic heterocycles. The summed E-state index contributed by atoms with van der Waals surface area (Å²) >= 11 is 0. The molecule has 20 heavy (non-hydrogen) atoms. The molecule has 0 radical (unpaired) electrons. The minimum atomic E-state index is -0.179. The Morgan fingerprint density at radius 2 is 1.75 bits per heavy atom. The summed E-state index contributed by atoms with van der Waals surface area (Å²) in [5.74, 6) is 0.372. The third kappa shape index (κ3) is 3.38. The van der Waals surface area contributed by atoms with E-state index >= 15 is 0 Å². The molecule has 1 aliphatic rings. The molecule has 2 rings (SSSR count). The Hall–Kier alpha value is -1.84. The maximum absolute atomic E-state index is 11.9. The monoisotopic (exact) mass is 274 g/mol. The standard InChI is InChI=1S/C16H22N2O2/c1-9-5-11(3)15(12(4)6-9)18-14(19)8-17-16(20)13-7-10(13)2/h5-6,10,13H,7-8H2,1-4H3,(H,17,20)(H,18,19)/t10-,13+/m0/s1. The zero-order chi connectivity index (χ0) is 14.9. The molecule has 2 N–H and O–H groups in total. The van der Waals surface area contributed by atoms with Gasteiger partial charge in [0.15, 0.2) is 0 Å². The Kier molecular flexibility index (Phi) is 4.12. The fraction of sp³-hybridized carbons (Fsp3) is 0.500. The van der Waals surface area contributed by atoms with Crippen molar-refractivity contribution in [1.82, 2.24) is 5.32 Å². The van der Waals surface area contributed by atoms with Gasteiger partial charge in [-0.1, -0.05) is 24.6 Å². The van der Waals surface area contributed by atoms with Crippen molar-refractivity contribution in [2.75, 3.05) is 11.9 Å². The number of hydrogen-bond donors (Lipinski definition) is 2. The van der Waals surface area contributed by atoms with Crippen LogP contribution in [0.2, 0.25) is 0 Å². The first kappa shape index (κ1) is 14.6. The Morgan fingerprint density at radius 1 is 1.20 bits per heavy atom. The van der Waals surface area contributed by atoms with Gasteiger partial charge in [0.2, 0.25) is 11.8 Å². The highest BCUT2D eigenvalue weighted by molar-refractivity contribution is 5.96. The van der Waals surface area contributed by atoms with E-state index in [9.17, 15) is 9.59 Å². The van der Waals surface area contributed by atoms with Crippen molar-refractivity contribution < 1.29 is 9.59 Å². The maximum Gasteiger partial charge on any atom is 0.243 e. The van der Waals surface area contributed by atoms with Crippen molar-refractivity contribution in [3.05, 3.63) is 28.8 Å². The van der Waals surface area contributed by atoms with E-state index in [1.807, 2.05) is 39.8 Å². The number of nitrogens with one attached hydrogen (secondary N) is 2. The molecule has 0 saturated heterocycles. The molecular formula is C16H22N2O2. The van der Waals surface area contributed by atoms with Gasteiger partial charge in [-0.15, -0.1) is 0 Å². The Balaban J connectivity index is 1.90. The van der Waals surface area contributed by atoms with Crippen LogP contribution in [-0.2, 0) is 9.59 Å². The lowest BCUT2D eigenvalue weighted by Gasteiger charge is -2.13. The summed E-state index contributed by atoms with van der Waals surface area (Å²) in [5, 5.41) is 5.57. The van der Waals surface area contributed by atoms with E-state index in [1.54, 1.807) is 0 Å². The van der Waals surface area contributed by atoms with E-state index in [0.717, 1.165) is 23.2 Å². The molecule has 1 aromatic carbocycles. The number of benzene rings is 1. The fourth-order valence-electron chi connectivity index (χ4n) is 2.55. The lowest BCUT2D eigenvalue weighted by atomic mass is 10.1. The largest absolute Gasteiger partial charge is 0.347 e. The van der Waals surface area contributed by atoms with Crippen molar-refractivity contribution in [3.8, 4) is 0 Å². The third-order valence-electron chi connectivity index (χ3n) is 3.81. The van der Waals surface area contributed by atoms with Crippen LogP contribution in [0.1, 0.15) is 30.0 Å². The van der Waals surface area contributed by atoms with E-state index in [4.69, 9.17) is 0 Å². The fourth-order valence-corrected chi connectivity index (χ4v) is 2.55. The van der Waals surface area contributed by atoms with Gasteiger partial charge in [0.25, 0.3) is 0 Å². The van der Waals surface area contributed by atoms with E-state index in [1.165, 1.54) is 5.56 Å². The minimum Gasteiger partial charge on any atom is -0.347 e. The first-order chi connectivity index (χ1) is 9.38. The summed E-state index contributed by atoms with van der Waals surface area (Å²) in [6, 6.07) is 4.07. The van der Waals surface area contributed by atoms with Crippen molar-refractivity contribution in [1.29, 1.82) is 0 Å². The van der Waals surface area contributed by atoms with Gasteiger partial charge in [-0.25, -0.2) is 0 Å². The molecule has 0 unspecified atom stereocenters. The van der Waals surface area contributed by atoms with Gasteiger partial charge in [0, 0.05) is 11.6 Å². The van der Waals surface area contributed by atoms with Crippen LogP contribution < -0.4 is 10.6 Å². The second kappa shape index (κ2) is 5.65. The van der Waals surface area contributed by atoms with Gasteiger partial charge >= 0.3 is 0 Å². The highest BCUT2D eigenvalue weighted by Crippen LogP contribution is 2.37. The normalized spacial score (nSPS) is 20.4. The molecule has 2 atom stereocenters. The Morgan fingerprint density at radius 3 is 2.25 bits per heavy atom. The average Bonchev–Trinajstić information content (AvgIpc) is 3.08. The van der Waals surface area contributed by atoms with Gasteiger partial charge in [0.1, 0.15) is 0 Å². The Bertz CT molecular complexity index is 528. The van der Waals surface area contributed by atoms with Gasteiger partial charge < -0.3 is 10.6 Å².